The van der Waals surface area contributed by atoms with Gasteiger partial charge in [0.15, 0.2) is 3.95 Å². The van der Waals surface area contributed by atoms with Crippen LogP contribution in [0.3, 0.4) is 0 Å². The number of benzene rings is 2. The number of carbonyl (C=O) groups is 1. The molecule has 0 bridgehead atoms. The Morgan fingerprint density at radius 2 is 2.00 bits per heavy atom. The molecule has 10 heteroatoms. The normalized spacial score (nSPS) is 14.0. The maximum atomic E-state index is 12.8. The molecule has 3 aromatic rings. The fourth-order valence-electron chi connectivity index (χ4n) is 3.21. The Morgan fingerprint density at radius 1 is 1.22 bits per heavy atom. The second-order valence-electron chi connectivity index (χ2n) is 6.96. The third kappa shape index (κ3) is 4.66. The summed E-state index contributed by atoms with van der Waals surface area (Å²) in [5.41, 5.74) is 1.82. The van der Waals surface area contributed by atoms with Crippen LogP contribution in [0.2, 0.25) is 0 Å². The number of aromatic nitrogens is 1. The summed E-state index contributed by atoms with van der Waals surface area (Å²) in [6, 6.07) is 12.0. The van der Waals surface area contributed by atoms with Crippen molar-refractivity contribution in [2.75, 3.05) is 5.32 Å². The number of halogens is 3. The van der Waals surface area contributed by atoms with Crippen LogP contribution in [0, 0.1) is 3.95 Å². The zero-order chi connectivity index (χ0) is 22.9. The lowest BCUT2D eigenvalue weighted by Gasteiger charge is -2.10. The number of aromatic hydroxyl groups is 1. The number of rotatable bonds is 5. The third-order valence-corrected chi connectivity index (χ3v) is 6.16. The maximum absolute atomic E-state index is 12.8. The number of hydrogen-bond donors (Lipinski definition) is 2. The van der Waals surface area contributed by atoms with Crippen molar-refractivity contribution in [1.82, 2.24) is 4.57 Å². The number of hydrogen-bond acceptors (Lipinski definition) is 5. The van der Waals surface area contributed by atoms with Gasteiger partial charge in [-0.25, -0.2) is 0 Å². The molecule has 2 aromatic carbocycles. The lowest BCUT2D eigenvalue weighted by Crippen LogP contribution is -2.15. The van der Waals surface area contributed by atoms with E-state index in [0.717, 1.165) is 29.0 Å². The van der Waals surface area contributed by atoms with Crippen molar-refractivity contribution >= 4 is 58.7 Å². The van der Waals surface area contributed by atoms with Crippen LogP contribution in [0.1, 0.15) is 22.4 Å². The predicted octanol–water partition coefficient (Wildman–Crippen LogP) is 6.29. The van der Waals surface area contributed by atoms with E-state index >= 15 is 0 Å². The number of nitrogens with zero attached hydrogens (tertiary/aromatic N) is 2. The smallest absolute Gasteiger partial charge is 0.416 e. The van der Waals surface area contributed by atoms with E-state index in [0.29, 0.717) is 8.83 Å². The predicted molar refractivity (Wildman–Crippen MR) is 122 cm³/mol. The number of anilines is 1. The topological polar surface area (TPSA) is 66.6 Å². The summed E-state index contributed by atoms with van der Waals surface area (Å²) in [5.74, 6) is -0.564. The highest BCUT2D eigenvalue weighted by molar-refractivity contribution is 7.73. The Kier molecular flexibility index (Phi) is 5.98. The van der Waals surface area contributed by atoms with Gasteiger partial charge in [-0.1, -0.05) is 24.3 Å². The molecule has 0 radical (unpaired) electrons. The highest BCUT2D eigenvalue weighted by atomic mass is 32.1. The molecule has 0 spiro atoms. The number of carbonyl (C=O) groups excluding carboxylic acids is 1. The molecular formula is C22H16F3N3O2S2. The van der Waals surface area contributed by atoms with E-state index in [1.54, 1.807) is 12.3 Å². The van der Waals surface area contributed by atoms with Crippen LogP contribution in [0.4, 0.5) is 24.5 Å². The number of aliphatic imine (C=N–C) groups is 1. The molecule has 0 fully saturated rings. The van der Waals surface area contributed by atoms with Crippen LogP contribution in [0.15, 0.2) is 53.5 Å². The van der Waals surface area contributed by atoms with E-state index in [9.17, 15) is 23.1 Å². The fourth-order valence-corrected chi connectivity index (χ4v) is 4.52. The van der Waals surface area contributed by atoms with Gasteiger partial charge in [0.2, 0.25) is 11.8 Å². The number of alkyl halides is 3. The molecule has 0 unspecified atom stereocenters. The minimum Gasteiger partial charge on any atom is -0.493 e. The van der Waals surface area contributed by atoms with Crippen molar-refractivity contribution in [3.8, 4) is 5.88 Å². The van der Waals surface area contributed by atoms with E-state index in [1.807, 2.05) is 24.3 Å². The summed E-state index contributed by atoms with van der Waals surface area (Å²) in [4.78, 5) is 17.1. The molecule has 0 aliphatic carbocycles. The number of para-hydroxylation sites is 1. The van der Waals surface area contributed by atoms with Crippen LogP contribution in [0.25, 0.3) is 11.6 Å². The molecule has 0 saturated heterocycles. The summed E-state index contributed by atoms with van der Waals surface area (Å²) in [5, 5.41) is 13.1. The molecule has 164 valence electrons. The third-order valence-electron chi connectivity index (χ3n) is 4.77. The summed E-state index contributed by atoms with van der Waals surface area (Å²) in [7, 11) is 0. The van der Waals surface area contributed by atoms with E-state index < -0.39 is 17.6 Å². The van der Waals surface area contributed by atoms with Gasteiger partial charge >= 0.3 is 6.18 Å². The monoisotopic (exact) mass is 475 g/mol. The van der Waals surface area contributed by atoms with E-state index in [2.05, 4.69) is 10.3 Å². The first-order valence-electron chi connectivity index (χ1n) is 9.47. The van der Waals surface area contributed by atoms with Crippen molar-refractivity contribution in [2.45, 2.75) is 19.1 Å². The first-order chi connectivity index (χ1) is 15.2. The second-order valence-corrected chi connectivity index (χ2v) is 8.63. The van der Waals surface area contributed by atoms with Crippen molar-refractivity contribution in [3.63, 3.8) is 0 Å². The zero-order valence-electron chi connectivity index (χ0n) is 16.4. The van der Waals surface area contributed by atoms with E-state index in [1.165, 1.54) is 28.0 Å². The van der Waals surface area contributed by atoms with Crippen molar-refractivity contribution in [1.29, 1.82) is 0 Å². The number of nitrogens with one attached hydrogen (secondary N) is 1. The SMILES string of the molecule is O=C(CCn1c(O)c(/C=C2/C=Nc3ccccc32)sc1=S)Nc1cccc(C(F)(F)F)c1. The van der Waals surface area contributed by atoms with Gasteiger partial charge in [-0.3, -0.25) is 14.4 Å². The lowest BCUT2D eigenvalue weighted by molar-refractivity contribution is -0.137. The van der Waals surface area contributed by atoms with Crippen LogP contribution >= 0.6 is 23.6 Å². The fraction of sp³-hybridized carbons (Fsp3) is 0.136. The van der Waals surface area contributed by atoms with Crippen LogP contribution in [-0.4, -0.2) is 21.8 Å². The average Bonchev–Trinajstić information content (AvgIpc) is 3.27. The van der Waals surface area contributed by atoms with E-state index in [4.69, 9.17) is 12.2 Å². The van der Waals surface area contributed by atoms with Gasteiger partial charge in [0, 0.05) is 36.0 Å². The zero-order valence-corrected chi connectivity index (χ0v) is 18.0. The van der Waals surface area contributed by atoms with Crippen LogP contribution in [0.5, 0.6) is 5.88 Å². The van der Waals surface area contributed by atoms with Gasteiger partial charge in [-0.05, 0) is 42.6 Å². The Labute approximate surface area is 190 Å². The van der Waals surface area contributed by atoms with Crippen molar-refractivity contribution in [3.05, 3.63) is 68.5 Å². The maximum Gasteiger partial charge on any atom is 0.416 e. The van der Waals surface area contributed by atoms with Gasteiger partial charge in [0.1, 0.15) is 0 Å². The molecule has 2 heterocycles. The molecule has 1 aliphatic heterocycles. The molecule has 1 amide bonds. The number of fused-ring (bicyclic) bond motifs is 1. The molecule has 0 atom stereocenters. The minimum absolute atomic E-state index is 0.0487. The molecule has 0 saturated carbocycles. The average molecular weight is 476 g/mol. The van der Waals surface area contributed by atoms with E-state index in [-0.39, 0.29) is 24.5 Å². The molecular weight excluding hydrogens is 459 g/mol. The number of thiazole rings is 1. The van der Waals surface area contributed by atoms with Gasteiger partial charge < -0.3 is 10.4 Å². The molecule has 1 aliphatic rings. The Balaban J connectivity index is 1.46. The highest BCUT2D eigenvalue weighted by Crippen LogP contribution is 2.36. The number of amides is 1. The molecule has 2 N–H and O–H groups in total. The largest absolute Gasteiger partial charge is 0.493 e. The Hall–Kier alpha value is -3.24. The standard InChI is InChI=1S/C22H16F3N3O2S2/c23-22(24,25)14-4-3-5-15(11-14)27-19(29)8-9-28-20(30)18(32-21(28)31)10-13-12-26-17-7-2-1-6-16(13)17/h1-7,10-12,30H,8-9H2,(H,27,29)/b13-10-. The quantitative estimate of drug-likeness (QED) is 0.426. The molecule has 32 heavy (non-hydrogen) atoms. The molecule has 4 rings (SSSR count). The van der Waals surface area contributed by atoms with Crippen LogP contribution in [-0.2, 0) is 17.5 Å². The molecule has 1 aromatic heterocycles. The highest BCUT2D eigenvalue weighted by Gasteiger charge is 2.30. The first kappa shape index (κ1) is 22.0. The second kappa shape index (κ2) is 8.71. The summed E-state index contributed by atoms with van der Waals surface area (Å²) in [6.07, 6.45) is -1.08. The summed E-state index contributed by atoms with van der Waals surface area (Å²) >= 11 is 6.52. The van der Waals surface area contributed by atoms with Gasteiger partial charge in [0.05, 0.1) is 16.1 Å². The van der Waals surface area contributed by atoms with Crippen molar-refractivity contribution in [2.24, 2.45) is 4.99 Å². The molecule has 5 nitrogen and oxygen atoms in total. The summed E-state index contributed by atoms with van der Waals surface area (Å²) in [6.45, 7) is 0.0831. The minimum atomic E-state index is -4.49. The first-order valence-corrected chi connectivity index (χ1v) is 10.7. The lowest BCUT2D eigenvalue weighted by atomic mass is 10.1. The Bertz CT molecular complexity index is 1310. The summed E-state index contributed by atoms with van der Waals surface area (Å²) < 4.78 is 40.3. The van der Waals surface area contributed by atoms with Gasteiger partial charge in [-0.2, -0.15) is 13.2 Å². The number of allylic oxidation sites excluding steroid dienone is 1. The van der Waals surface area contributed by atoms with Gasteiger partial charge in [0.25, 0.3) is 0 Å². The Morgan fingerprint density at radius 3 is 2.78 bits per heavy atom. The van der Waals surface area contributed by atoms with Gasteiger partial charge in [-0.15, -0.1) is 11.3 Å². The van der Waals surface area contributed by atoms with Crippen molar-refractivity contribution < 1.29 is 23.1 Å². The van der Waals surface area contributed by atoms with Crippen LogP contribution < -0.4 is 5.32 Å².